The van der Waals surface area contributed by atoms with Crippen LogP contribution in [0.3, 0.4) is 0 Å². The number of benzene rings is 1. The van der Waals surface area contributed by atoms with E-state index in [9.17, 15) is 9.90 Å². The van der Waals surface area contributed by atoms with Crippen LogP contribution < -0.4 is 10.2 Å². The summed E-state index contributed by atoms with van der Waals surface area (Å²) in [4.78, 5) is 20.8. The summed E-state index contributed by atoms with van der Waals surface area (Å²) in [6, 6.07) is 9.09. The molecule has 156 valence electrons. The molecule has 3 rings (SSSR count). The largest absolute Gasteiger partial charge is 0.506 e. The van der Waals surface area contributed by atoms with Gasteiger partial charge in [-0.15, -0.1) is 0 Å². The number of carbonyl (C=O) groups is 1. The maximum atomic E-state index is 11.7. The van der Waals surface area contributed by atoms with Crippen molar-refractivity contribution in [2.24, 2.45) is 4.99 Å². The fourth-order valence-corrected chi connectivity index (χ4v) is 3.40. The highest BCUT2D eigenvalue weighted by Gasteiger charge is 2.21. The molecule has 0 unspecified atom stereocenters. The fraction of sp³-hybridized carbons (Fsp3) is 0.429. The highest BCUT2D eigenvalue weighted by Crippen LogP contribution is 2.27. The molecule has 0 bridgehead atoms. The minimum absolute atomic E-state index is 0.302. The number of phenols is 1. The molecule has 2 heterocycles. The van der Waals surface area contributed by atoms with E-state index >= 15 is 0 Å². The van der Waals surface area contributed by atoms with Gasteiger partial charge in [-0.05, 0) is 32.0 Å². The van der Waals surface area contributed by atoms with E-state index < -0.39 is 5.97 Å². The summed E-state index contributed by atoms with van der Waals surface area (Å²) in [7, 11) is 1.35. The molecule has 29 heavy (non-hydrogen) atoms. The van der Waals surface area contributed by atoms with E-state index in [1.165, 1.54) is 7.11 Å². The third-order valence-electron chi connectivity index (χ3n) is 4.90. The second-order valence-electron chi connectivity index (χ2n) is 6.81. The second kappa shape index (κ2) is 9.36. The van der Waals surface area contributed by atoms with Crippen LogP contribution in [0.5, 0.6) is 5.75 Å². The number of aromatic hydroxyl groups is 1. The predicted molar refractivity (Wildman–Crippen MR) is 111 cm³/mol. The zero-order valence-corrected chi connectivity index (χ0v) is 17.1. The summed E-state index contributed by atoms with van der Waals surface area (Å²) in [5.41, 5.74) is 1.29. The van der Waals surface area contributed by atoms with Gasteiger partial charge < -0.3 is 29.4 Å². The molecule has 8 nitrogen and oxygen atoms in total. The first-order valence-corrected chi connectivity index (χ1v) is 9.77. The molecular weight excluding hydrogens is 372 g/mol. The lowest BCUT2D eigenvalue weighted by atomic mass is 10.2. The number of piperazine rings is 1. The molecule has 1 saturated heterocycles. The van der Waals surface area contributed by atoms with E-state index in [1.807, 2.05) is 25.1 Å². The van der Waals surface area contributed by atoms with Gasteiger partial charge >= 0.3 is 5.97 Å². The van der Waals surface area contributed by atoms with Gasteiger partial charge in [-0.1, -0.05) is 12.1 Å². The van der Waals surface area contributed by atoms with Gasteiger partial charge in [0.05, 0.1) is 12.8 Å². The Morgan fingerprint density at radius 3 is 2.66 bits per heavy atom. The summed E-state index contributed by atoms with van der Waals surface area (Å²) in [5.74, 6) is 1.84. The first-order valence-electron chi connectivity index (χ1n) is 9.77. The first-order chi connectivity index (χ1) is 14.0. The van der Waals surface area contributed by atoms with Crippen LogP contribution in [0.15, 0.2) is 39.7 Å². The van der Waals surface area contributed by atoms with Crippen molar-refractivity contribution in [2.75, 3.05) is 44.7 Å². The van der Waals surface area contributed by atoms with E-state index in [4.69, 9.17) is 9.15 Å². The van der Waals surface area contributed by atoms with Crippen molar-refractivity contribution in [3.05, 3.63) is 47.4 Å². The lowest BCUT2D eigenvalue weighted by Gasteiger charge is -2.37. The number of esters is 1. The van der Waals surface area contributed by atoms with Crippen molar-refractivity contribution in [1.82, 2.24) is 10.2 Å². The van der Waals surface area contributed by atoms with Gasteiger partial charge in [0.15, 0.2) is 5.96 Å². The van der Waals surface area contributed by atoms with E-state index in [0.29, 0.717) is 29.4 Å². The van der Waals surface area contributed by atoms with Crippen molar-refractivity contribution in [1.29, 1.82) is 0 Å². The SMILES string of the molecule is CCNC(=NCc1cc(C(=O)OC)c(C)o1)N1CCN(c2ccccc2O)CC1. The molecule has 1 aliphatic rings. The number of hydrogen-bond acceptors (Lipinski definition) is 6. The summed E-state index contributed by atoms with van der Waals surface area (Å²) in [5, 5.41) is 13.4. The van der Waals surface area contributed by atoms with Crippen molar-refractivity contribution in [2.45, 2.75) is 20.4 Å². The van der Waals surface area contributed by atoms with Crippen LogP contribution >= 0.6 is 0 Å². The number of nitrogens with one attached hydrogen (secondary N) is 1. The molecule has 0 atom stereocenters. The standard InChI is InChI=1S/C21H28N4O4/c1-4-22-21(23-14-16-13-17(15(2)29-16)20(27)28-3)25-11-9-24(10-12-25)18-7-5-6-8-19(18)26/h5-8,13,26H,4,9-12,14H2,1-3H3,(H,22,23). The molecule has 0 amide bonds. The Bertz CT molecular complexity index is 869. The number of nitrogens with zero attached hydrogens (tertiary/aromatic N) is 3. The molecule has 1 aromatic carbocycles. The molecule has 8 heteroatoms. The third kappa shape index (κ3) is 4.82. The molecule has 1 fully saturated rings. The molecule has 2 aromatic rings. The maximum absolute atomic E-state index is 11.7. The lowest BCUT2D eigenvalue weighted by molar-refractivity contribution is 0.0599. The Balaban J connectivity index is 1.66. The van der Waals surface area contributed by atoms with Crippen LogP contribution in [0.25, 0.3) is 0 Å². The van der Waals surface area contributed by atoms with E-state index in [1.54, 1.807) is 19.1 Å². The fourth-order valence-electron chi connectivity index (χ4n) is 3.40. The smallest absolute Gasteiger partial charge is 0.341 e. The van der Waals surface area contributed by atoms with Crippen molar-refractivity contribution in [3.63, 3.8) is 0 Å². The van der Waals surface area contributed by atoms with Gasteiger partial charge in [0.1, 0.15) is 29.4 Å². The highest BCUT2D eigenvalue weighted by atomic mass is 16.5. The van der Waals surface area contributed by atoms with Gasteiger partial charge in [0, 0.05) is 32.7 Å². The Morgan fingerprint density at radius 2 is 2.00 bits per heavy atom. The minimum atomic E-state index is -0.409. The number of guanidine groups is 1. The lowest BCUT2D eigenvalue weighted by Crippen LogP contribution is -2.52. The molecule has 0 spiro atoms. The molecular formula is C21H28N4O4. The van der Waals surface area contributed by atoms with E-state index in [0.717, 1.165) is 44.4 Å². The van der Waals surface area contributed by atoms with Gasteiger partial charge in [-0.3, -0.25) is 0 Å². The number of furan rings is 1. The number of phenolic OH excluding ortho intramolecular Hbond substituents is 1. The summed E-state index contributed by atoms with van der Waals surface area (Å²) in [6.45, 7) is 7.99. The summed E-state index contributed by atoms with van der Waals surface area (Å²) < 4.78 is 10.4. The molecule has 0 aliphatic carbocycles. The Hall–Kier alpha value is -3.16. The minimum Gasteiger partial charge on any atom is -0.506 e. The molecule has 1 aliphatic heterocycles. The van der Waals surface area contributed by atoms with Crippen molar-refractivity contribution >= 4 is 17.6 Å². The number of carbonyl (C=O) groups excluding carboxylic acids is 1. The molecule has 0 radical (unpaired) electrons. The average molecular weight is 400 g/mol. The number of anilines is 1. The van der Waals surface area contributed by atoms with E-state index in [2.05, 4.69) is 20.1 Å². The number of rotatable bonds is 5. The van der Waals surface area contributed by atoms with Crippen LogP contribution in [-0.4, -0.2) is 61.8 Å². The monoisotopic (exact) mass is 400 g/mol. The van der Waals surface area contributed by atoms with Crippen molar-refractivity contribution in [3.8, 4) is 5.75 Å². The van der Waals surface area contributed by atoms with Crippen LogP contribution in [0.2, 0.25) is 0 Å². The summed E-state index contributed by atoms with van der Waals surface area (Å²) in [6.07, 6.45) is 0. The molecule has 2 N–H and O–H groups in total. The van der Waals surface area contributed by atoms with Gasteiger partial charge in [0.2, 0.25) is 0 Å². The molecule has 1 aromatic heterocycles. The van der Waals surface area contributed by atoms with Gasteiger partial charge in [-0.2, -0.15) is 0 Å². The van der Waals surface area contributed by atoms with E-state index in [-0.39, 0.29) is 0 Å². The number of para-hydroxylation sites is 2. The van der Waals surface area contributed by atoms with Crippen LogP contribution in [0, 0.1) is 6.92 Å². The zero-order chi connectivity index (χ0) is 20.8. The Morgan fingerprint density at radius 1 is 1.28 bits per heavy atom. The van der Waals surface area contributed by atoms with Gasteiger partial charge in [-0.25, -0.2) is 9.79 Å². The number of methoxy groups -OCH3 is 1. The van der Waals surface area contributed by atoms with Crippen LogP contribution in [0.4, 0.5) is 5.69 Å². The highest BCUT2D eigenvalue weighted by molar-refractivity contribution is 5.90. The Kier molecular flexibility index (Phi) is 6.64. The summed E-state index contributed by atoms with van der Waals surface area (Å²) >= 11 is 0. The quantitative estimate of drug-likeness (QED) is 0.452. The number of hydrogen-bond donors (Lipinski definition) is 2. The number of ether oxygens (including phenoxy) is 1. The second-order valence-corrected chi connectivity index (χ2v) is 6.81. The number of aryl methyl sites for hydroxylation is 1. The topological polar surface area (TPSA) is 90.5 Å². The third-order valence-corrected chi connectivity index (χ3v) is 4.90. The average Bonchev–Trinajstić information content (AvgIpc) is 3.11. The molecule has 0 saturated carbocycles. The van der Waals surface area contributed by atoms with Crippen LogP contribution in [0.1, 0.15) is 28.8 Å². The normalized spacial score (nSPS) is 14.8. The van der Waals surface area contributed by atoms with Crippen LogP contribution in [-0.2, 0) is 11.3 Å². The predicted octanol–water partition coefficient (Wildman–Crippen LogP) is 2.37. The zero-order valence-electron chi connectivity index (χ0n) is 17.1. The Labute approximate surface area is 170 Å². The van der Waals surface area contributed by atoms with Crippen molar-refractivity contribution < 1.29 is 19.1 Å². The first kappa shape index (κ1) is 20.6. The van der Waals surface area contributed by atoms with Gasteiger partial charge in [0.25, 0.3) is 0 Å². The maximum Gasteiger partial charge on any atom is 0.341 e. The number of aliphatic imine (C=N–C) groups is 1.